The van der Waals surface area contributed by atoms with Gasteiger partial charge in [0.2, 0.25) is 0 Å². The molecule has 0 atom stereocenters. The van der Waals surface area contributed by atoms with E-state index in [4.69, 9.17) is 23.7 Å². The molecule has 0 radical (unpaired) electrons. The average molecular weight is 654 g/mol. The number of rotatable bonds is 21. The molecule has 3 rings (SSSR count). The molecule has 1 aliphatic heterocycles. The molecule has 1 aliphatic rings. The van der Waals surface area contributed by atoms with E-state index in [-0.39, 0.29) is 6.10 Å². The van der Waals surface area contributed by atoms with Gasteiger partial charge in [0.1, 0.15) is 23.4 Å². The summed E-state index contributed by atoms with van der Waals surface area (Å²) in [6.07, 6.45) is 16.3. The summed E-state index contributed by atoms with van der Waals surface area (Å²) in [4.78, 5) is 38.9. The lowest BCUT2D eigenvalue weighted by Crippen LogP contribution is -2.42. The predicted molar refractivity (Wildman–Crippen MR) is 182 cm³/mol. The van der Waals surface area contributed by atoms with Gasteiger partial charge in [-0.15, -0.1) is 0 Å². The quantitative estimate of drug-likeness (QED) is 0.0746. The lowest BCUT2D eigenvalue weighted by atomic mass is 10.1. The number of benzene rings is 2. The summed E-state index contributed by atoms with van der Waals surface area (Å²) in [5.74, 6) is 0.921. The summed E-state index contributed by atoms with van der Waals surface area (Å²) < 4.78 is 27.4. The van der Waals surface area contributed by atoms with Crippen molar-refractivity contribution in [1.82, 2.24) is 4.90 Å². The first kappa shape index (κ1) is 37.7. The second-order valence-corrected chi connectivity index (χ2v) is 12.2. The van der Waals surface area contributed by atoms with E-state index < -0.39 is 18.2 Å². The summed E-state index contributed by atoms with van der Waals surface area (Å²) in [5, 5.41) is 0. The van der Waals surface area contributed by atoms with E-state index in [0.717, 1.165) is 31.4 Å². The Morgan fingerprint density at radius 3 is 1.68 bits per heavy atom. The second kappa shape index (κ2) is 22.7. The third kappa shape index (κ3) is 15.6. The third-order valence-electron chi connectivity index (χ3n) is 8.28. The molecule has 0 unspecified atom stereocenters. The molecule has 47 heavy (non-hydrogen) atoms. The van der Waals surface area contributed by atoms with Crippen LogP contribution in [0.2, 0.25) is 0 Å². The number of unbranched alkanes of at least 4 members (excludes halogenated alkanes) is 12. The van der Waals surface area contributed by atoms with Crippen LogP contribution >= 0.6 is 0 Å². The van der Waals surface area contributed by atoms with Crippen molar-refractivity contribution in [2.24, 2.45) is 0 Å². The first-order valence-corrected chi connectivity index (χ1v) is 17.8. The Labute approximate surface area is 281 Å². The summed E-state index contributed by atoms with van der Waals surface area (Å²) in [7, 11) is 0. The number of nitrogens with zero attached hydrogens (tertiary/aromatic N) is 1. The van der Waals surface area contributed by atoms with Gasteiger partial charge in [0.05, 0.1) is 18.8 Å². The number of piperidine rings is 1. The number of amides is 1. The molecule has 1 heterocycles. The van der Waals surface area contributed by atoms with Gasteiger partial charge >= 0.3 is 18.2 Å². The minimum absolute atomic E-state index is 0.284. The van der Waals surface area contributed by atoms with Crippen molar-refractivity contribution in [3.8, 4) is 17.2 Å². The van der Waals surface area contributed by atoms with Gasteiger partial charge in [-0.3, -0.25) is 0 Å². The van der Waals surface area contributed by atoms with Crippen molar-refractivity contribution >= 4 is 18.2 Å². The van der Waals surface area contributed by atoms with Crippen molar-refractivity contribution in [3.05, 3.63) is 54.1 Å². The van der Waals surface area contributed by atoms with Gasteiger partial charge < -0.3 is 28.6 Å². The van der Waals surface area contributed by atoms with Gasteiger partial charge in [-0.25, -0.2) is 14.4 Å². The van der Waals surface area contributed by atoms with Gasteiger partial charge in [-0.2, -0.15) is 0 Å². The number of hydrogen-bond acceptors (Lipinski definition) is 8. The SMILES string of the molecule is CCCCCCCCCCOc1ccc(C(=O)Oc2ccc(OC(=O)N3CCC(OC(=O)OCCCCCCCC)CC3)cc2)cc1. The number of likely N-dealkylation sites (tertiary alicyclic amines) is 1. The highest BCUT2D eigenvalue weighted by molar-refractivity contribution is 5.91. The molecule has 9 nitrogen and oxygen atoms in total. The molecule has 0 N–H and O–H groups in total. The number of carbonyl (C=O) groups excluding carboxylic acids is 3. The molecule has 0 aromatic heterocycles. The van der Waals surface area contributed by atoms with Crippen LogP contribution in [-0.4, -0.2) is 55.5 Å². The van der Waals surface area contributed by atoms with Crippen molar-refractivity contribution in [2.75, 3.05) is 26.3 Å². The van der Waals surface area contributed by atoms with E-state index in [1.807, 2.05) is 0 Å². The Morgan fingerprint density at radius 1 is 0.617 bits per heavy atom. The zero-order valence-corrected chi connectivity index (χ0v) is 28.6. The molecule has 1 saturated heterocycles. The van der Waals surface area contributed by atoms with Crippen molar-refractivity contribution in [3.63, 3.8) is 0 Å². The van der Waals surface area contributed by atoms with Crippen LogP contribution in [0.4, 0.5) is 9.59 Å². The molecule has 2 aromatic carbocycles. The Kier molecular flexibility index (Phi) is 18.2. The smallest absolute Gasteiger partial charge is 0.494 e. The van der Waals surface area contributed by atoms with Crippen LogP contribution in [0.1, 0.15) is 127 Å². The van der Waals surface area contributed by atoms with Gasteiger partial charge in [-0.1, -0.05) is 90.9 Å². The summed E-state index contributed by atoms with van der Waals surface area (Å²) in [5.41, 5.74) is 0.415. The maximum atomic E-state index is 12.7. The molecule has 0 spiro atoms. The van der Waals surface area contributed by atoms with Gasteiger partial charge in [0, 0.05) is 25.9 Å². The highest BCUT2D eigenvalue weighted by atomic mass is 16.7. The Balaban J connectivity index is 1.28. The van der Waals surface area contributed by atoms with Crippen molar-refractivity contribution in [1.29, 1.82) is 0 Å². The molecule has 9 heteroatoms. The molecule has 0 aliphatic carbocycles. The van der Waals surface area contributed by atoms with Crippen LogP contribution in [0.5, 0.6) is 17.2 Å². The molecule has 1 fully saturated rings. The number of hydrogen-bond donors (Lipinski definition) is 0. The van der Waals surface area contributed by atoms with Crippen molar-refractivity contribution in [2.45, 2.75) is 123 Å². The van der Waals surface area contributed by atoms with Gasteiger partial charge in [0.15, 0.2) is 0 Å². The van der Waals surface area contributed by atoms with Crippen LogP contribution in [0.3, 0.4) is 0 Å². The maximum absolute atomic E-state index is 12.7. The predicted octanol–water partition coefficient (Wildman–Crippen LogP) is 9.90. The minimum atomic E-state index is -0.643. The fraction of sp³-hybridized carbons (Fsp3) is 0.605. The molecule has 260 valence electrons. The average Bonchev–Trinajstić information content (AvgIpc) is 3.08. The molecular weight excluding hydrogens is 598 g/mol. The van der Waals surface area contributed by atoms with Crippen LogP contribution in [0, 0.1) is 0 Å². The summed E-state index contributed by atoms with van der Waals surface area (Å²) in [6, 6.07) is 13.3. The third-order valence-corrected chi connectivity index (χ3v) is 8.28. The molecule has 0 bridgehead atoms. The maximum Gasteiger partial charge on any atom is 0.508 e. The van der Waals surface area contributed by atoms with E-state index in [9.17, 15) is 14.4 Å². The highest BCUT2D eigenvalue weighted by Crippen LogP contribution is 2.22. The minimum Gasteiger partial charge on any atom is -0.494 e. The lowest BCUT2D eigenvalue weighted by Gasteiger charge is -2.30. The molecule has 1 amide bonds. The number of ether oxygens (including phenoxy) is 5. The van der Waals surface area contributed by atoms with Gasteiger partial charge in [0.25, 0.3) is 0 Å². The number of esters is 1. The Hall–Kier alpha value is -3.75. The van der Waals surface area contributed by atoms with Gasteiger partial charge in [-0.05, 0) is 61.4 Å². The molecular formula is C38H55NO8. The summed E-state index contributed by atoms with van der Waals surface area (Å²) in [6.45, 7) is 6.27. The lowest BCUT2D eigenvalue weighted by molar-refractivity contribution is 0.00174. The monoisotopic (exact) mass is 653 g/mol. The zero-order chi connectivity index (χ0) is 33.5. The van der Waals surface area contributed by atoms with Crippen LogP contribution < -0.4 is 14.2 Å². The summed E-state index contributed by atoms with van der Waals surface area (Å²) >= 11 is 0. The van der Waals surface area contributed by atoms with Crippen LogP contribution in [0.15, 0.2) is 48.5 Å². The fourth-order valence-corrected chi connectivity index (χ4v) is 5.38. The Morgan fingerprint density at radius 2 is 1.11 bits per heavy atom. The van der Waals surface area contributed by atoms with Crippen LogP contribution in [-0.2, 0) is 9.47 Å². The standard InChI is InChI=1S/C38H55NO8/c1-3-5-7-9-11-12-14-15-29-43-32-19-17-31(18-20-32)36(40)45-33-21-23-34(24-22-33)46-37(41)39-27-25-35(26-28-39)47-38(42)44-30-16-13-10-8-6-4-2/h17-24,35H,3-16,25-30H2,1-2H3. The van der Waals surface area contributed by atoms with E-state index in [1.165, 1.54) is 64.2 Å². The van der Waals surface area contributed by atoms with E-state index in [1.54, 1.807) is 53.4 Å². The van der Waals surface area contributed by atoms with Crippen molar-refractivity contribution < 1.29 is 38.1 Å². The highest BCUT2D eigenvalue weighted by Gasteiger charge is 2.27. The van der Waals surface area contributed by atoms with Crippen LogP contribution in [0.25, 0.3) is 0 Å². The first-order chi connectivity index (χ1) is 23.0. The fourth-order valence-electron chi connectivity index (χ4n) is 5.38. The second-order valence-electron chi connectivity index (χ2n) is 12.2. The molecule has 2 aromatic rings. The normalized spacial score (nSPS) is 13.2. The topological polar surface area (TPSA) is 101 Å². The number of carbonyl (C=O) groups is 3. The zero-order valence-electron chi connectivity index (χ0n) is 28.6. The largest absolute Gasteiger partial charge is 0.508 e. The van der Waals surface area contributed by atoms with E-state index in [2.05, 4.69) is 13.8 Å². The first-order valence-electron chi connectivity index (χ1n) is 17.8. The molecule has 0 saturated carbocycles. The Bertz CT molecular complexity index is 1160. The van der Waals surface area contributed by atoms with E-state index in [0.29, 0.717) is 56.2 Å². The van der Waals surface area contributed by atoms with E-state index >= 15 is 0 Å².